The number of aliphatic carboxylic acids is 1. The summed E-state index contributed by atoms with van der Waals surface area (Å²) >= 11 is 0. The summed E-state index contributed by atoms with van der Waals surface area (Å²) in [5.41, 5.74) is 0.721. The normalized spacial score (nSPS) is 17.0. The van der Waals surface area contributed by atoms with E-state index in [2.05, 4.69) is 5.32 Å². The molecule has 2 rings (SSSR count). The molecule has 0 spiro atoms. The van der Waals surface area contributed by atoms with Gasteiger partial charge in [0.05, 0.1) is 5.92 Å². The molecule has 86 valence electrons. The number of phenolic OH excluding ortho intramolecular Hbond substituents is 1. The molecule has 0 amide bonds. The van der Waals surface area contributed by atoms with Crippen molar-refractivity contribution >= 4 is 5.97 Å². The lowest BCUT2D eigenvalue weighted by Crippen LogP contribution is -2.28. The van der Waals surface area contributed by atoms with Crippen LogP contribution in [0.1, 0.15) is 24.3 Å². The summed E-state index contributed by atoms with van der Waals surface area (Å²) in [6.07, 6.45) is 2.28. The molecule has 1 aromatic rings. The van der Waals surface area contributed by atoms with E-state index < -0.39 is 11.9 Å². The van der Waals surface area contributed by atoms with Gasteiger partial charge in [0.1, 0.15) is 5.75 Å². The molecule has 1 saturated carbocycles. The third kappa shape index (κ3) is 2.73. The van der Waals surface area contributed by atoms with E-state index >= 15 is 0 Å². The first kappa shape index (κ1) is 11.0. The number of aromatic hydroxyl groups is 1. The van der Waals surface area contributed by atoms with Gasteiger partial charge in [-0.15, -0.1) is 0 Å². The minimum Gasteiger partial charge on any atom is -0.508 e. The fraction of sp³-hybridized carbons (Fsp3) is 0.417. The Kier molecular flexibility index (Phi) is 3.10. The molecule has 0 aliphatic heterocycles. The topological polar surface area (TPSA) is 69.6 Å². The predicted molar refractivity (Wildman–Crippen MR) is 59.5 cm³/mol. The van der Waals surface area contributed by atoms with Gasteiger partial charge in [-0.1, -0.05) is 12.1 Å². The van der Waals surface area contributed by atoms with Crippen molar-refractivity contribution in [2.24, 2.45) is 0 Å². The van der Waals surface area contributed by atoms with E-state index in [-0.39, 0.29) is 5.75 Å². The maximum atomic E-state index is 11.1. The van der Waals surface area contributed by atoms with Crippen LogP contribution in [0.15, 0.2) is 24.3 Å². The fourth-order valence-corrected chi connectivity index (χ4v) is 1.63. The van der Waals surface area contributed by atoms with E-state index in [0.717, 1.165) is 18.4 Å². The summed E-state index contributed by atoms with van der Waals surface area (Å²) in [6.45, 7) is 0.449. The number of phenols is 1. The van der Waals surface area contributed by atoms with Gasteiger partial charge < -0.3 is 15.5 Å². The quantitative estimate of drug-likeness (QED) is 0.701. The second kappa shape index (κ2) is 4.53. The molecule has 4 heteroatoms. The van der Waals surface area contributed by atoms with Gasteiger partial charge in [0.25, 0.3) is 0 Å². The lowest BCUT2D eigenvalue weighted by atomic mass is 9.99. The summed E-state index contributed by atoms with van der Waals surface area (Å²) in [6, 6.07) is 6.84. The largest absolute Gasteiger partial charge is 0.508 e. The van der Waals surface area contributed by atoms with Crippen LogP contribution in [0.3, 0.4) is 0 Å². The van der Waals surface area contributed by atoms with Gasteiger partial charge >= 0.3 is 5.97 Å². The summed E-state index contributed by atoms with van der Waals surface area (Å²) < 4.78 is 0. The monoisotopic (exact) mass is 221 g/mol. The highest BCUT2D eigenvalue weighted by molar-refractivity contribution is 5.76. The second-order valence-electron chi connectivity index (χ2n) is 4.16. The summed E-state index contributed by atoms with van der Waals surface area (Å²) in [7, 11) is 0. The molecule has 1 aromatic carbocycles. The van der Waals surface area contributed by atoms with Gasteiger partial charge in [-0.05, 0) is 30.5 Å². The van der Waals surface area contributed by atoms with Gasteiger partial charge in [0.2, 0.25) is 0 Å². The molecule has 0 saturated heterocycles. The zero-order chi connectivity index (χ0) is 11.5. The lowest BCUT2D eigenvalue weighted by Gasteiger charge is -2.13. The van der Waals surface area contributed by atoms with Gasteiger partial charge in [-0.25, -0.2) is 0 Å². The van der Waals surface area contributed by atoms with Crippen LogP contribution >= 0.6 is 0 Å². The average molecular weight is 221 g/mol. The number of nitrogens with one attached hydrogen (secondary N) is 1. The molecule has 3 N–H and O–H groups in total. The Hall–Kier alpha value is -1.55. The maximum absolute atomic E-state index is 11.1. The molecule has 1 aliphatic carbocycles. The number of carboxylic acid groups (broad SMARTS) is 1. The molecule has 0 heterocycles. The van der Waals surface area contributed by atoms with E-state index in [9.17, 15) is 4.79 Å². The van der Waals surface area contributed by atoms with E-state index in [0.29, 0.717) is 12.6 Å². The van der Waals surface area contributed by atoms with Gasteiger partial charge in [0.15, 0.2) is 0 Å². The van der Waals surface area contributed by atoms with Crippen molar-refractivity contribution in [3.63, 3.8) is 0 Å². The van der Waals surface area contributed by atoms with Crippen LogP contribution in [0.25, 0.3) is 0 Å². The van der Waals surface area contributed by atoms with Crippen molar-refractivity contribution in [1.82, 2.24) is 5.32 Å². The Labute approximate surface area is 93.9 Å². The van der Waals surface area contributed by atoms with Crippen molar-refractivity contribution in [2.45, 2.75) is 24.8 Å². The first-order valence-corrected chi connectivity index (χ1v) is 5.42. The molecule has 1 unspecified atom stereocenters. The fourth-order valence-electron chi connectivity index (χ4n) is 1.63. The Morgan fingerprint density at radius 3 is 2.50 bits per heavy atom. The van der Waals surface area contributed by atoms with Crippen LogP contribution in [0, 0.1) is 0 Å². The van der Waals surface area contributed by atoms with E-state index in [1.54, 1.807) is 12.1 Å². The molecule has 1 atom stereocenters. The van der Waals surface area contributed by atoms with Crippen molar-refractivity contribution in [1.29, 1.82) is 0 Å². The van der Waals surface area contributed by atoms with Gasteiger partial charge in [0, 0.05) is 12.6 Å². The molecular formula is C12H15NO3. The molecule has 0 bridgehead atoms. The van der Waals surface area contributed by atoms with Crippen molar-refractivity contribution in [3.8, 4) is 5.75 Å². The van der Waals surface area contributed by atoms with Gasteiger partial charge in [-0.3, -0.25) is 4.79 Å². The molecule has 1 aliphatic rings. The molecule has 0 radical (unpaired) electrons. The molecule has 1 fully saturated rings. The van der Waals surface area contributed by atoms with E-state index in [1.165, 1.54) is 12.1 Å². The Morgan fingerprint density at radius 2 is 2.00 bits per heavy atom. The smallest absolute Gasteiger partial charge is 0.312 e. The summed E-state index contributed by atoms with van der Waals surface area (Å²) in [5, 5.41) is 21.5. The summed E-state index contributed by atoms with van der Waals surface area (Å²) in [4.78, 5) is 11.1. The average Bonchev–Trinajstić information content (AvgIpc) is 3.04. The number of benzene rings is 1. The van der Waals surface area contributed by atoms with Crippen molar-refractivity contribution in [2.75, 3.05) is 6.54 Å². The van der Waals surface area contributed by atoms with Crippen LogP contribution < -0.4 is 5.32 Å². The van der Waals surface area contributed by atoms with Crippen LogP contribution in [0.4, 0.5) is 0 Å². The predicted octanol–water partition coefficient (Wildman–Crippen LogP) is 1.31. The Bertz CT molecular complexity index is 370. The van der Waals surface area contributed by atoms with Crippen LogP contribution in [0.5, 0.6) is 5.75 Å². The second-order valence-corrected chi connectivity index (χ2v) is 4.16. The van der Waals surface area contributed by atoms with Crippen molar-refractivity contribution in [3.05, 3.63) is 29.8 Å². The third-order valence-electron chi connectivity index (χ3n) is 2.78. The maximum Gasteiger partial charge on any atom is 0.312 e. The molecule has 0 aromatic heterocycles. The Balaban J connectivity index is 2.04. The molecule has 4 nitrogen and oxygen atoms in total. The van der Waals surface area contributed by atoms with Crippen LogP contribution in [0.2, 0.25) is 0 Å². The lowest BCUT2D eigenvalue weighted by molar-refractivity contribution is -0.138. The number of carbonyl (C=O) groups is 1. The van der Waals surface area contributed by atoms with Gasteiger partial charge in [-0.2, -0.15) is 0 Å². The number of carboxylic acids is 1. The minimum atomic E-state index is -0.834. The van der Waals surface area contributed by atoms with Crippen LogP contribution in [-0.4, -0.2) is 28.8 Å². The highest BCUT2D eigenvalue weighted by atomic mass is 16.4. The number of hydrogen-bond acceptors (Lipinski definition) is 3. The summed E-state index contributed by atoms with van der Waals surface area (Å²) in [5.74, 6) is -1.22. The highest BCUT2D eigenvalue weighted by Crippen LogP contribution is 2.22. The third-order valence-corrected chi connectivity index (χ3v) is 2.78. The number of rotatable bonds is 5. The zero-order valence-corrected chi connectivity index (χ0v) is 8.89. The number of hydrogen-bond donors (Lipinski definition) is 3. The minimum absolute atomic E-state index is 0.156. The molecular weight excluding hydrogens is 206 g/mol. The van der Waals surface area contributed by atoms with Crippen LogP contribution in [-0.2, 0) is 4.79 Å². The Morgan fingerprint density at radius 1 is 1.38 bits per heavy atom. The molecule has 16 heavy (non-hydrogen) atoms. The zero-order valence-electron chi connectivity index (χ0n) is 8.89. The first-order valence-electron chi connectivity index (χ1n) is 5.42. The van der Waals surface area contributed by atoms with E-state index in [1.807, 2.05) is 0 Å². The van der Waals surface area contributed by atoms with E-state index in [4.69, 9.17) is 10.2 Å². The standard InChI is InChI=1S/C12H15NO3/c14-10-5-1-8(2-6-10)11(12(15)16)7-13-9-3-4-9/h1-2,5-6,9,11,13-14H,3-4,7H2,(H,15,16). The SMILES string of the molecule is O=C(O)C(CNC1CC1)c1ccc(O)cc1. The van der Waals surface area contributed by atoms with Crippen molar-refractivity contribution < 1.29 is 15.0 Å². The first-order chi connectivity index (χ1) is 7.66. The highest BCUT2D eigenvalue weighted by Gasteiger charge is 2.25.